The number of pyridine rings is 1. The fourth-order valence-electron chi connectivity index (χ4n) is 3.41. The van der Waals surface area contributed by atoms with Crippen molar-refractivity contribution in [1.82, 2.24) is 14.9 Å². The molecule has 8 heteroatoms. The van der Waals surface area contributed by atoms with E-state index in [0.29, 0.717) is 29.6 Å². The van der Waals surface area contributed by atoms with Crippen LogP contribution in [-0.2, 0) is 0 Å². The molecule has 0 bridgehead atoms. The molecule has 4 aromatic rings. The maximum Gasteiger partial charge on any atom is 0.289 e. The summed E-state index contributed by atoms with van der Waals surface area (Å²) in [4.78, 5) is 26.8. The van der Waals surface area contributed by atoms with E-state index in [1.807, 2.05) is 35.2 Å². The van der Waals surface area contributed by atoms with Crippen LogP contribution in [0.4, 0.5) is 5.13 Å². The lowest BCUT2D eigenvalue weighted by atomic mass is 10.2. The summed E-state index contributed by atoms with van der Waals surface area (Å²) < 4.78 is 5.81. The van der Waals surface area contributed by atoms with E-state index in [1.54, 1.807) is 35.7 Å². The molecule has 146 valence electrons. The molecule has 0 saturated carbocycles. The van der Waals surface area contributed by atoms with Crippen LogP contribution >= 0.6 is 22.9 Å². The minimum Gasteiger partial charge on any atom is -0.451 e. The number of carbonyl (C=O) groups is 1. The summed E-state index contributed by atoms with van der Waals surface area (Å²) in [6.07, 6.45) is 1.78. The summed E-state index contributed by atoms with van der Waals surface area (Å²) in [5, 5.41) is 1.55. The third-order valence-electron chi connectivity index (χ3n) is 4.95. The molecule has 1 saturated heterocycles. The van der Waals surface area contributed by atoms with Gasteiger partial charge in [0.15, 0.2) is 10.9 Å². The maximum absolute atomic E-state index is 12.9. The van der Waals surface area contributed by atoms with Gasteiger partial charge < -0.3 is 14.2 Å². The molecule has 1 fully saturated rings. The molecule has 1 aromatic carbocycles. The number of carbonyl (C=O) groups excluding carboxylic acids is 1. The number of hydrogen-bond donors (Lipinski definition) is 0. The Morgan fingerprint density at radius 2 is 1.86 bits per heavy atom. The molecule has 6 nitrogen and oxygen atoms in total. The Bertz CT molecular complexity index is 1150. The summed E-state index contributed by atoms with van der Waals surface area (Å²) in [7, 11) is 0. The molecule has 0 aliphatic carbocycles. The van der Waals surface area contributed by atoms with Crippen molar-refractivity contribution in [2.24, 2.45) is 0 Å². The molecule has 29 heavy (non-hydrogen) atoms. The van der Waals surface area contributed by atoms with Crippen molar-refractivity contribution in [3.8, 4) is 11.3 Å². The summed E-state index contributed by atoms with van der Waals surface area (Å²) >= 11 is 7.81. The lowest BCUT2D eigenvalue weighted by Gasteiger charge is -2.34. The van der Waals surface area contributed by atoms with E-state index in [2.05, 4.69) is 14.9 Å². The second-order valence-electron chi connectivity index (χ2n) is 6.75. The summed E-state index contributed by atoms with van der Waals surface area (Å²) in [6, 6.07) is 14.8. The smallest absolute Gasteiger partial charge is 0.289 e. The molecule has 0 N–H and O–H groups in total. The number of fused-ring (bicyclic) bond motifs is 1. The van der Waals surface area contributed by atoms with Crippen LogP contribution in [0.2, 0.25) is 5.02 Å². The molecule has 0 radical (unpaired) electrons. The highest BCUT2D eigenvalue weighted by Gasteiger charge is 2.26. The van der Waals surface area contributed by atoms with Crippen LogP contribution in [0, 0.1) is 0 Å². The molecule has 1 amide bonds. The fourth-order valence-corrected chi connectivity index (χ4v) is 4.60. The molecule has 4 heterocycles. The number of anilines is 1. The predicted octanol–water partition coefficient (Wildman–Crippen LogP) is 4.57. The molecule has 5 rings (SSSR count). The van der Waals surface area contributed by atoms with Gasteiger partial charge in [-0.15, -0.1) is 0 Å². The minimum atomic E-state index is -0.103. The van der Waals surface area contributed by atoms with Crippen LogP contribution in [-0.4, -0.2) is 47.0 Å². The van der Waals surface area contributed by atoms with Gasteiger partial charge in [0, 0.05) is 37.9 Å². The molecule has 1 aliphatic rings. The monoisotopic (exact) mass is 424 g/mol. The summed E-state index contributed by atoms with van der Waals surface area (Å²) in [5.41, 5.74) is 1.69. The van der Waals surface area contributed by atoms with Gasteiger partial charge in [0.2, 0.25) is 0 Å². The zero-order valence-electron chi connectivity index (χ0n) is 15.4. The number of halogens is 1. The second-order valence-corrected chi connectivity index (χ2v) is 8.11. The van der Waals surface area contributed by atoms with Crippen LogP contribution in [0.3, 0.4) is 0 Å². The Morgan fingerprint density at radius 1 is 1.03 bits per heavy atom. The first kappa shape index (κ1) is 18.1. The third-order valence-corrected chi connectivity index (χ3v) is 6.32. The van der Waals surface area contributed by atoms with E-state index < -0.39 is 0 Å². The number of amides is 1. The summed E-state index contributed by atoms with van der Waals surface area (Å²) in [6.45, 7) is 2.68. The van der Waals surface area contributed by atoms with Crippen LogP contribution in [0.15, 0.2) is 59.1 Å². The van der Waals surface area contributed by atoms with Crippen molar-refractivity contribution in [3.63, 3.8) is 0 Å². The molecule has 0 atom stereocenters. The molecular formula is C21H17ClN4O2S. The van der Waals surface area contributed by atoms with Gasteiger partial charge in [0.25, 0.3) is 5.91 Å². The molecule has 0 spiro atoms. The largest absolute Gasteiger partial charge is 0.451 e. The van der Waals surface area contributed by atoms with E-state index in [1.165, 1.54) is 0 Å². The van der Waals surface area contributed by atoms with Crippen molar-refractivity contribution in [2.45, 2.75) is 0 Å². The van der Waals surface area contributed by atoms with Crippen LogP contribution in [0.1, 0.15) is 10.6 Å². The molecule has 3 aromatic heterocycles. The van der Waals surface area contributed by atoms with Crippen LogP contribution < -0.4 is 4.90 Å². The Morgan fingerprint density at radius 3 is 2.66 bits per heavy atom. The highest BCUT2D eigenvalue weighted by atomic mass is 35.5. The maximum atomic E-state index is 12.9. The highest BCUT2D eigenvalue weighted by Crippen LogP contribution is 2.30. The van der Waals surface area contributed by atoms with E-state index in [0.717, 1.165) is 34.1 Å². The number of aromatic nitrogens is 2. The molecule has 1 aliphatic heterocycles. The van der Waals surface area contributed by atoms with Gasteiger partial charge in [0.1, 0.15) is 16.1 Å². The SMILES string of the molecule is O=C(c1ccc(-c2ccccc2Cl)o1)N1CCN(c2nc3cccnc3s2)CC1. The van der Waals surface area contributed by atoms with E-state index in [4.69, 9.17) is 16.0 Å². The van der Waals surface area contributed by atoms with Gasteiger partial charge in [-0.3, -0.25) is 4.79 Å². The van der Waals surface area contributed by atoms with Gasteiger partial charge >= 0.3 is 0 Å². The lowest BCUT2D eigenvalue weighted by molar-refractivity contribution is 0.0715. The number of piperazine rings is 1. The van der Waals surface area contributed by atoms with Crippen molar-refractivity contribution in [1.29, 1.82) is 0 Å². The van der Waals surface area contributed by atoms with Crippen LogP contribution in [0.5, 0.6) is 0 Å². The average molecular weight is 425 g/mol. The van der Waals surface area contributed by atoms with Gasteiger partial charge in [-0.25, -0.2) is 9.97 Å². The predicted molar refractivity (Wildman–Crippen MR) is 115 cm³/mol. The first-order chi connectivity index (χ1) is 14.2. The number of hydrogen-bond acceptors (Lipinski definition) is 6. The lowest BCUT2D eigenvalue weighted by Crippen LogP contribution is -2.48. The van der Waals surface area contributed by atoms with Crippen molar-refractivity contribution in [2.75, 3.05) is 31.1 Å². The second kappa shape index (κ2) is 7.50. The number of thiazole rings is 1. The zero-order valence-corrected chi connectivity index (χ0v) is 17.0. The van der Waals surface area contributed by atoms with Crippen molar-refractivity contribution in [3.05, 3.63) is 65.5 Å². The van der Waals surface area contributed by atoms with Gasteiger partial charge in [-0.05, 0) is 36.4 Å². The van der Waals surface area contributed by atoms with Gasteiger partial charge in [0.05, 0.1) is 5.02 Å². The summed E-state index contributed by atoms with van der Waals surface area (Å²) in [5.74, 6) is 0.825. The Labute approximate surface area is 176 Å². The van der Waals surface area contributed by atoms with Crippen molar-refractivity contribution < 1.29 is 9.21 Å². The number of benzene rings is 1. The van der Waals surface area contributed by atoms with E-state index in [9.17, 15) is 4.79 Å². The average Bonchev–Trinajstić information content (AvgIpc) is 3.41. The van der Waals surface area contributed by atoms with E-state index >= 15 is 0 Å². The highest BCUT2D eigenvalue weighted by molar-refractivity contribution is 7.21. The van der Waals surface area contributed by atoms with Crippen LogP contribution in [0.25, 0.3) is 21.7 Å². The number of furan rings is 1. The topological polar surface area (TPSA) is 62.5 Å². The van der Waals surface area contributed by atoms with Gasteiger partial charge in [-0.1, -0.05) is 35.1 Å². The first-order valence-corrected chi connectivity index (χ1v) is 10.5. The number of nitrogens with zero attached hydrogens (tertiary/aromatic N) is 4. The quantitative estimate of drug-likeness (QED) is 0.482. The normalized spacial score (nSPS) is 14.5. The standard InChI is InChI=1S/C21H17ClN4O2S/c22-15-5-2-1-4-14(15)17-7-8-18(28-17)20(27)25-10-12-26(13-11-25)21-24-16-6-3-9-23-19(16)29-21/h1-9H,10-13H2. The number of rotatable bonds is 3. The van der Waals surface area contributed by atoms with Crippen molar-refractivity contribution >= 4 is 44.3 Å². The Balaban J connectivity index is 1.27. The molecular weight excluding hydrogens is 408 g/mol. The minimum absolute atomic E-state index is 0.103. The van der Waals surface area contributed by atoms with E-state index in [-0.39, 0.29) is 5.91 Å². The fraction of sp³-hybridized carbons (Fsp3) is 0.190. The molecule has 0 unspecified atom stereocenters. The Hall–Kier alpha value is -2.90. The van der Waals surface area contributed by atoms with Gasteiger partial charge in [-0.2, -0.15) is 0 Å². The third kappa shape index (κ3) is 3.47. The first-order valence-electron chi connectivity index (χ1n) is 9.29. The Kier molecular flexibility index (Phi) is 4.69. The zero-order chi connectivity index (χ0) is 19.8.